The van der Waals surface area contributed by atoms with Crippen LogP contribution in [-0.2, 0) is 16.1 Å². The van der Waals surface area contributed by atoms with Gasteiger partial charge in [-0.1, -0.05) is 29.8 Å². The molecular weight excluding hydrogens is 382 g/mol. The van der Waals surface area contributed by atoms with Crippen LogP contribution < -0.4 is 16.0 Å². The number of urea groups is 1. The van der Waals surface area contributed by atoms with Crippen LogP contribution in [0.4, 0.5) is 10.5 Å². The van der Waals surface area contributed by atoms with Gasteiger partial charge in [-0.2, -0.15) is 0 Å². The van der Waals surface area contributed by atoms with Crippen molar-refractivity contribution in [3.8, 4) is 0 Å². The number of carbonyl (C=O) groups excluding carboxylic acids is 3. The van der Waals surface area contributed by atoms with Gasteiger partial charge in [0, 0.05) is 23.3 Å². The number of carbonyl (C=O) groups is 3. The number of halogens is 1. The van der Waals surface area contributed by atoms with E-state index in [0.29, 0.717) is 22.8 Å². The highest BCUT2D eigenvalue weighted by atomic mass is 35.5. The van der Waals surface area contributed by atoms with E-state index in [0.717, 1.165) is 5.56 Å². The Morgan fingerprint density at radius 3 is 2.43 bits per heavy atom. The predicted molar refractivity (Wildman–Crippen MR) is 107 cm³/mol. The van der Waals surface area contributed by atoms with Gasteiger partial charge in [0.15, 0.2) is 6.61 Å². The second-order valence-corrected chi connectivity index (χ2v) is 6.75. The molecule has 2 rings (SSSR count). The topological polar surface area (TPSA) is 96.5 Å². The molecule has 0 aromatic heterocycles. The Labute approximate surface area is 168 Å². The number of esters is 1. The van der Waals surface area contributed by atoms with Crippen molar-refractivity contribution < 1.29 is 19.1 Å². The van der Waals surface area contributed by atoms with E-state index in [1.54, 1.807) is 48.5 Å². The van der Waals surface area contributed by atoms with Crippen molar-refractivity contribution in [2.45, 2.75) is 26.4 Å². The number of rotatable bonds is 7. The summed E-state index contributed by atoms with van der Waals surface area (Å²) in [5.41, 5.74) is 1.66. The van der Waals surface area contributed by atoms with Gasteiger partial charge < -0.3 is 20.7 Å². The van der Waals surface area contributed by atoms with Crippen molar-refractivity contribution in [2.24, 2.45) is 0 Å². The molecule has 0 heterocycles. The monoisotopic (exact) mass is 403 g/mol. The Morgan fingerprint density at radius 1 is 1.07 bits per heavy atom. The molecule has 0 unspecified atom stereocenters. The zero-order valence-electron chi connectivity index (χ0n) is 15.6. The van der Waals surface area contributed by atoms with Crippen molar-refractivity contribution in [2.75, 3.05) is 11.9 Å². The summed E-state index contributed by atoms with van der Waals surface area (Å²) in [6.07, 6.45) is 0. The third-order valence-corrected chi connectivity index (χ3v) is 3.74. The Morgan fingerprint density at radius 2 is 1.79 bits per heavy atom. The van der Waals surface area contributed by atoms with Gasteiger partial charge in [0.05, 0.1) is 5.56 Å². The molecule has 8 heteroatoms. The van der Waals surface area contributed by atoms with Crippen LogP contribution in [0.25, 0.3) is 0 Å². The zero-order chi connectivity index (χ0) is 20.5. The van der Waals surface area contributed by atoms with E-state index in [2.05, 4.69) is 16.0 Å². The molecule has 2 aromatic rings. The minimum Gasteiger partial charge on any atom is -0.452 e. The molecule has 0 aliphatic heterocycles. The number of nitrogens with one attached hydrogen (secondary N) is 3. The molecule has 148 valence electrons. The normalized spacial score (nSPS) is 10.3. The van der Waals surface area contributed by atoms with Gasteiger partial charge in [0.1, 0.15) is 0 Å². The second kappa shape index (κ2) is 10.3. The lowest BCUT2D eigenvalue weighted by atomic mass is 10.1. The minimum absolute atomic E-state index is 0.0493. The number of anilines is 1. The lowest BCUT2D eigenvalue weighted by molar-refractivity contribution is -0.119. The van der Waals surface area contributed by atoms with Crippen LogP contribution in [0.1, 0.15) is 29.8 Å². The van der Waals surface area contributed by atoms with Gasteiger partial charge in [0.2, 0.25) is 0 Å². The Kier molecular flexibility index (Phi) is 7.83. The molecular formula is C20H22ClN3O4. The fraction of sp³-hybridized carbons (Fsp3) is 0.250. The molecule has 3 N–H and O–H groups in total. The molecule has 0 spiro atoms. The van der Waals surface area contributed by atoms with E-state index in [1.807, 2.05) is 13.8 Å². The van der Waals surface area contributed by atoms with E-state index < -0.39 is 18.5 Å². The van der Waals surface area contributed by atoms with Crippen LogP contribution in [0.3, 0.4) is 0 Å². The summed E-state index contributed by atoms with van der Waals surface area (Å²) in [7, 11) is 0. The van der Waals surface area contributed by atoms with E-state index in [-0.39, 0.29) is 12.1 Å². The molecule has 3 amide bonds. The molecule has 0 aliphatic rings. The summed E-state index contributed by atoms with van der Waals surface area (Å²) in [6.45, 7) is 3.66. The van der Waals surface area contributed by atoms with E-state index in [1.165, 1.54) is 0 Å². The molecule has 7 nitrogen and oxygen atoms in total. The summed E-state index contributed by atoms with van der Waals surface area (Å²) < 4.78 is 5.01. The standard InChI is InChI=1S/C20H22ClN3O4/c1-13(2)23-20(27)22-11-14-6-8-15(9-7-14)19(26)28-12-18(25)24-17-5-3-4-16(21)10-17/h3-10,13H,11-12H2,1-2H3,(H,24,25)(H2,22,23,27). The van der Waals surface area contributed by atoms with E-state index >= 15 is 0 Å². The average Bonchev–Trinajstić information content (AvgIpc) is 2.64. The van der Waals surface area contributed by atoms with Crippen LogP contribution in [0.5, 0.6) is 0 Å². The fourth-order valence-electron chi connectivity index (χ4n) is 2.23. The molecule has 0 saturated carbocycles. The molecule has 0 radical (unpaired) electrons. The predicted octanol–water partition coefficient (Wildman–Crippen LogP) is 3.34. The van der Waals surface area contributed by atoms with Crippen LogP contribution >= 0.6 is 11.6 Å². The van der Waals surface area contributed by atoms with Gasteiger partial charge >= 0.3 is 12.0 Å². The van der Waals surface area contributed by atoms with Crippen LogP contribution in [0.15, 0.2) is 48.5 Å². The second-order valence-electron chi connectivity index (χ2n) is 6.31. The third kappa shape index (κ3) is 7.28. The quantitative estimate of drug-likeness (QED) is 0.617. The highest BCUT2D eigenvalue weighted by Gasteiger charge is 2.11. The van der Waals surface area contributed by atoms with Crippen molar-refractivity contribution in [1.82, 2.24) is 10.6 Å². The van der Waals surface area contributed by atoms with Gasteiger partial charge in [0.25, 0.3) is 5.91 Å². The number of hydrogen-bond donors (Lipinski definition) is 3. The van der Waals surface area contributed by atoms with Crippen molar-refractivity contribution >= 4 is 35.2 Å². The molecule has 0 aliphatic carbocycles. The average molecular weight is 404 g/mol. The fourth-order valence-corrected chi connectivity index (χ4v) is 2.42. The van der Waals surface area contributed by atoms with E-state index in [4.69, 9.17) is 16.3 Å². The van der Waals surface area contributed by atoms with E-state index in [9.17, 15) is 14.4 Å². The first-order valence-corrected chi connectivity index (χ1v) is 9.07. The van der Waals surface area contributed by atoms with Gasteiger partial charge in [-0.15, -0.1) is 0 Å². The van der Waals surface area contributed by atoms with Crippen molar-refractivity contribution in [3.63, 3.8) is 0 Å². The van der Waals surface area contributed by atoms with Gasteiger partial charge in [-0.05, 0) is 49.7 Å². The van der Waals surface area contributed by atoms with Gasteiger partial charge in [-0.25, -0.2) is 9.59 Å². The number of amides is 3. The maximum atomic E-state index is 12.1. The number of benzene rings is 2. The smallest absolute Gasteiger partial charge is 0.338 e. The summed E-state index contributed by atoms with van der Waals surface area (Å²) in [4.78, 5) is 35.5. The molecule has 0 atom stereocenters. The van der Waals surface area contributed by atoms with Crippen LogP contribution in [0, 0.1) is 0 Å². The number of ether oxygens (including phenoxy) is 1. The first-order valence-electron chi connectivity index (χ1n) is 8.69. The largest absolute Gasteiger partial charge is 0.452 e. The Hall–Kier alpha value is -3.06. The zero-order valence-corrected chi connectivity index (χ0v) is 16.4. The van der Waals surface area contributed by atoms with Crippen molar-refractivity contribution in [1.29, 1.82) is 0 Å². The highest BCUT2D eigenvalue weighted by molar-refractivity contribution is 6.30. The summed E-state index contributed by atoms with van der Waals surface area (Å²) in [6, 6.07) is 13.0. The summed E-state index contributed by atoms with van der Waals surface area (Å²) >= 11 is 5.85. The van der Waals surface area contributed by atoms with Gasteiger partial charge in [-0.3, -0.25) is 4.79 Å². The van der Waals surface area contributed by atoms with Crippen LogP contribution in [-0.4, -0.2) is 30.6 Å². The highest BCUT2D eigenvalue weighted by Crippen LogP contribution is 2.14. The van der Waals surface area contributed by atoms with Crippen molar-refractivity contribution in [3.05, 3.63) is 64.7 Å². The Balaban J connectivity index is 1.79. The maximum absolute atomic E-state index is 12.1. The maximum Gasteiger partial charge on any atom is 0.338 e. The Bertz CT molecular complexity index is 838. The molecule has 0 fully saturated rings. The SMILES string of the molecule is CC(C)NC(=O)NCc1ccc(C(=O)OCC(=O)Nc2cccc(Cl)c2)cc1. The van der Waals surface area contributed by atoms with Crippen LogP contribution in [0.2, 0.25) is 5.02 Å². The molecule has 2 aromatic carbocycles. The summed E-state index contributed by atoms with van der Waals surface area (Å²) in [5.74, 6) is -1.08. The summed E-state index contributed by atoms with van der Waals surface area (Å²) in [5, 5.41) is 8.52. The first kappa shape index (κ1) is 21.2. The lowest BCUT2D eigenvalue weighted by Gasteiger charge is -2.10. The number of hydrogen-bond acceptors (Lipinski definition) is 4. The molecule has 0 saturated heterocycles. The first-order chi connectivity index (χ1) is 13.3. The minimum atomic E-state index is -0.613. The lowest BCUT2D eigenvalue weighted by Crippen LogP contribution is -2.39. The molecule has 0 bridgehead atoms. The molecule has 28 heavy (non-hydrogen) atoms. The third-order valence-electron chi connectivity index (χ3n) is 3.51.